The van der Waals surface area contributed by atoms with Crippen LogP contribution < -0.4 is 16.2 Å². The lowest BCUT2D eigenvalue weighted by molar-refractivity contribution is 0.0915. The van der Waals surface area contributed by atoms with Gasteiger partial charge in [0.25, 0.3) is 17.4 Å². The molecule has 1 atom stereocenters. The Morgan fingerprint density at radius 2 is 2.15 bits per heavy atom. The molecule has 2 aliphatic heterocycles. The highest BCUT2D eigenvalue weighted by Crippen LogP contribution is 2.44. The van der Waals surface area contributed by atoms with Crippen LogP contribution in [0, 0.1) is 5.82 Å². The summed E-state index contributed by atoms with van der Waals surface area (Å²) in [5, 5.41) is 5.76. The van der Waals surface area contributed by atoms with Gasteiger partial charge >= 0.3 is 0 Å². The van der Waals surface area contributed by atoms with E-state index in [1.54, 1.807) is 6.26 Å². The van der Waals surface area contributed by atoms with Gasteiger partial charge in [-0.15, -0.1) is 0 Å². The van der Waals surface area contributed by atoms with Crippen LogP contribution in [0.4, 0.5) is 4.39 Å². The van der Waals surface area contributed by atoms with Gasteiger partial charge in [-0.05, 0) is 55.0 Å². The fourth-order valence-electron chi connectivity index (χ4n) is 5.19. The molecule has 0 saturated heterocycles. The first-order valence-corrected chi connectivity index (χ1v) is 11.6. The van der Waals surface area contributed by atoms with E-state index in [4.69, 9.17) is 16.3 Å². The predicted octanol–water partition coefficient (Wildman–Crippen LogP) is 3.90. The van der Waals surface area contributed by atoms with Crippen LogP contribution in [0.25, 0.3) is 0 Å². The van der Waals surface area contributed by atoms with E-state index in [2.05, 4.69) is 10.6 Å². The summed E-state index contributed by atoms with van der Waals surface area (Å²) in [5.41, 5.74) is 0.956. The van der Waals surface area contributed by atoms with Crippen LogP contribution in [0.2, 0.25) is 5.02 Å². The lowest BCUT2D eigenvalue weighted by Crippen LogP contribution is -2.51. The monoisotopic (exact) mass is 483 g/mol. The van der Waals surface area contributed by atoms with E-state index in [1.165, 1.54) is 28.8 Å². The Hall–Kier alpha value is -3.39. The number of fused-ring (bicyclic) bond motifs is 3. The molecule has 0 radical (unpaired) electrons. The molecule has 3 aliphatic rings. The first-order chi connectivity index (χ1) is 16.4. The number of carbonyl (C=O) groups is 2. The smallest absolute Gasteiger partial charge is 0.270 e. The van der Waals surface area contributed by atoms with Crippen molar-refractivity contribution in [3.05, 3.63) is 91.5 Å². The zero-order valence-corrected chi connectivity index (χ0v) is 19.3. The molecule has 34 heavy (non-hydrogen) atoms. The van der Waals surface area contributed by atoms with Gasteiger partial charge in [0.15, 0.2) is 0 Å². The second-order valence-corrected chi connectivity index (χ2v) is 9.01. The molecule has 5 rings (SSSR count). The molecule has 1 unspecified atom stereocenters. The van der Waals surface area contributed by atoms with E-state index < -0.39 is 22.9 Å². The minimum absolute atomic E-state index is 0.0403. The van der Waals surface area contributed by atoms with Crippen LogP contribution in [0.3, 0.4) is 0 Å². The summed E-state index contributed by atoms with van der Waals surface area (Å²) < 4.78 is 20.6. The molecule has 0 fully saturated rings. The first kappa shape index (κ1) is 22.4. The van der Waals surface area contributed by atoms with E-state index in [9.17, 15) is 18.8 Å². The Kier molecular flexibility index (Phi) is 5.56. The Morgan fingerprint density at radius 1 is 1.32 bits per heavy atom. The van der Waals surface area contributed by atoms with Crippen LogP contribution in [0.5, 0.6) is 0 Å². The maximum atomic E-state index is 13.4. The summed E-state index contributed by atoms with van der Waals surface area (Å²) in [7, 11) is 0. The number of halogens is 2. The van der Waals surface area contributed by atoms with Gasteiger partial charge in [0.1, 0.15) is 22.9 Å². The van der Waals surface area contributed by atoms with Crippen molar-refractivity contribution in [1.29, 1.82) is 0 Å². The number of ether oxygens (including phenoxy) is 1. The molecule has 2 aromatic rings. The second-order valence-electron chi connectivity index (χ2n) is 8.61. The molecule has 1 aromatic heterocycles. The van der Waals surface area contributed by atoms with Crippen LogP contribution in [-0.2, 0) is 23.4 Å². The fraction of sp³-hybridized carbons (Fsp3) is 0.320. The molecule has 0 bridgehead atoms. The molecule has 2 amide bonds. The average molecular weight is 484 g/mol. The number of carbonyl (C=O) groups excluding carboxylic acids is 2. The maximum Gasteiger partial charge on any atom is 0.270 e. The number of allylic oxidation sites excluding steroid dienone is 2. The summed E-state index contributed by atoms with van der Waals surface area (Å²) in [4.78, 5) is 39.7. The van der Waals surface area contributed by atoms with E-state index >= 15 is 0 Å². The van der Waals surface area contributed by atoms with Crippen molar-refractivity contribution in [2.45, 2.75) is 51.2 Å². The number of hydrogen-bond donors (Lipinski definition) is 2. The van der Waals surface area contributed by atoms with Gasteiger partial charge in [-0.2, -0.15) is 0 Å². The minimum atomic E-state index is -0.981. The van der Waals surface area contributed by atoms with Crippen molar-refractivity contribution in [2.75, 3.05) is 0 Å². The molecule has 2 N–H and O–H groups in total. The highest BCUT2D eigenvalue weighted by molar-refractivity contribution is 6.30. The molecule has 1 aromatic carbocycles. The van der Waals surface area contributed by atoms with Gasteiger partial charge in [-0.1, -0.05) is 24.6 Å². The molecule has 0 saturated carbocycles. The number of hydrogen-bond acceptors (Lipinski definition) is 4. The topological polar surface area (TPSA) is 89.4 Å². The summed E-state index contributed by atoms with van der Waals surface area (Å²) in [6.45, 7) is 1.93. The molecule has 1 spiro atoms. The number of pyridine rings is 1. The highest BCUT2D eigenvalue weighted by Gasteiger charge is 2.50. The number of amides is 2. The van der Waals surface area contributed by atoms with Crippen molar-refractivity contribution >= 4 is 23.4 Å². The molecule has 9 heteroatoms. The molecule has 7 nitrogen and oxygen atoms in total. The summed E-state index contributed by atoms with van der Waals surface area (Å²) >= 11 is 5.82. The summed E-state index contributed by atoms with van der Waals surface area (Å²) in [5.74, 6) is -0.626. The van der Waals surface area contributed by atoms with Gasteiger partial charge in [-0.3, -0.25) is 19.0 Å². The lowest BCUT2D eigenvalue weighted by Gasteiger charge is -2.39. The Bertz CT molecular complexity index is 1350. The van der Waals surface area contributed by atoms with Crippen molar-refractivity contribution in [1.82, 2.24) is 15.2 Å². The fourth-order valence-corrected chi connectivity index (χ4v) is 5.39. The Balaban J connectivity index is 1.54. The van der Waals surface area contributed by atoms with Crippen molar-refractivity contribution < 1.29 is 18.7 Å². The Morgan fingerprint density at radius 3 is 2.91 bits per heavy atom. The number of benzene rings is 1. The number of aromatic nitrogens is 1. The van der Waals surface area contributed by atoms with Crippen LogP contribution in [0.15, 0.2) is 52.7 Å². The van der Waals surface area contributed by atoms with Crippen LogP contribution in [-0.4, -0.2) is 16.4 Å². The average Bonchev–Trinajstić information content (AvgIpc) is 3.13. The van der Waals surface area contributed by atoms with Gasteiger partial charge in [0, 0.05) is 24.6 Å². The first-order valence-electron chi connectivity index (χ1n) is 11.2. The zero-order valence-electron chi connectivity index (χ0n) is 18.5. The molecular formula is C25H23ClFN3O4. The Labute approximate surface area is 200 Å². The largest absolute Gasteiger partial charge is 0.470 e. The maximum absolute atomic E-state index is 13.4. The van der Waals surface area contributed by atoms with Crippen molar-refractivity contribution in [3.63, 3.8) is 0 Å². The summed E-state index contributed by atoms with van der Waals surface area (Å²) in [6.07, 6.45) is 6.53. The van der Waals surface area contributed by atoms with Crippen LogP contribution >= 0.6 is 11.6 Å². The quantitative estimate of drug-likeness (QED) is 0.690. The predicted molar refractivity (Wildman–Crippen MR) is 124 cm³/mol. The van der Waals surface area contributed by atoms with Crippen molar-refractivity contribution in [2.24, 2.45) is 0 Å². The third-order valence-electron chi connectivity index (χ3n) is 6.68. The zero-order chi connectivity index (χ0) is 24.0. The molecule has 1 aliphatic carbocycles. The lowest BCUT2D eigenvalue weighted by atomic mass is 9.83. The normalized spacial score (nSPS) is 20.6. The van der Waals surface area contributed by atoms with E-state index in [0.717, 1.165) is 24.2 Å². The third kappa shape index (κ3) is 3.44. The molecular weight excluding hydrogens is 461 g/mol. The minimum Gasteiger partial charge on any atom is -0.470 e. The van der Waals surface area contributed by atoms with E-state index in [1.807, 2.05) is 13.0 Å². The molecule has 3 heterocycles. The van der Waals surface area contributed by atoms with E-state index in [0.29, 0.717) is 30.4 Å². The standard InChI is InChI=1S/C25H23ClFN3O4/c1-2-15-16(23(32)28-13-14-7-8-19(27)18(26)11-14)12-21(31)30-22(15)24(33)29-25(30)9-3-6-20-17(25)5-4-10-34-20/h4,7-8,10-12H,2-3,5-6,9,13H2,1H3,(H,28,32)(H,29,33). The van der Waals surface area contributed by atoms with Crippen LogP contribution in [0.1, 0.15) is 64.6 Å². The van der Waals surface area contributed by atoms with Gasteiger partial charge < -0.3 is 15.4 Å². The van der Waals surface area contributed by atoms with Gasteiger partial charge in [0.05, 0.1) is 16.8 Å². The second kappa shape index (κ2) is 8.43. The third-order valence-corrected chi connectivity index (χ3v) is 6.97. The number of nitrogens with zero attached hydrogens (tertiary/aromatic N) is 1. The SMILES string of the molecule is CCc1c(C(=O)NCc2ccc(F)c(Cl)c2)cc(=O)n2c1C(=O)NC21CCCC2=C1CC=CO2. The number of rotatable bonds is 4. The van der Waals surface area contributed by atoms with Gasteiger partial charge in [0.2, 0.25) is 0 Å². The summed E-state index contributed by atoms with van der Waals surface area (Å²) in [6, 6.07) is 5.48. The van der Waals surface area contributed by atoms with E-state index in [-0.39, 0.29) is 28.7 Å². The molecule has 176 valence electrons. The van der Waals surface area contributed by atoms with Crippen molar-refractivity contribution in [3.8, 4) is 0 Å². The number of nitrogens with one attached hydrogen (secondary N) is 2. The highest BCUT2D eigenvalue weighted by atomic mass is 35.5. The van der Waals surface area contributed by atoms with Gasteiger partial charge in [-0.25, -0.2) is 4.39 Å².